The summed E-state index contributed by atoms with van der Waals surface area (Å²) in [5, 5.41) is 10.6. The van der Waals surface area contributed by atoms with Crippen molar-refractivity contribution < 1.29 is 13.7 Å². The molecule has 0 spiro atoms. The number of rotatable bonds is 5. The second-order valence-corrected chi connectivity index (χ2v) is 5.95. The van der Waals surface area contributed by atoms with E-state index in [1.807, 2.05) is 0 Å². The Labute approximate surface area is 123 Å². The molecule has 0 heterocycles. The van der Waals surface area contributed by atoms with E-state index in [0.717, 1.165) is 37.8 Å². The first kappa shape index (κ1) is 15.9. The second-order valence-electron chi connectivity index (χ2n) is 5.95. The summed E-state index contributed by atoms with van der Waals surface area (Å²) in [6.07, 6.45) is 7.62. The lowest BCUT2D eigenvalue weighted by Gasteiger charge is -2.28. The van der Waals surface area contributed by atoms with Crippen LogP contribution in [-0.2, 0) is 0 Å². The van der Waals surface area contributed by atoms with Gasteiger partial charge in [0.05, 0.1) is 4.92 Å². The summed E-state index contributed by atoms with van der Waals surface area (Å²) in [6, 6.07) is 2.27. The first-order chi connectivity index (χ1) is 10.0. The van der Waals surface area contributed by atoms with Crippen molar-refractivity contribution in [3.05, 3.63) is 39.4 Å². The summed E-state index contributed by atoms with van der Waals surface area (Å²) in [5.41, 5.74) is -0.486. The lowest BCUT2D eigenvalue weighted by Crippen LogP contribution is -2.14. The van der Waals surface area contributed by atoms with Crippen LogP contribution in [0.1, 0.15) is 63.4 Å². The molecule has 0 bridgehead atoms. The normalized spacial score (nSPS) is 22.2. The SMILES string of the molecule is CCCC[C@H]1CC[C@H](c2cc(F)c([N+](=O)[O-])c(F)c2)CC1. The van der Waals surface area contributed by atoms with Gasteiger partial charge in [-0.15, -0.1) is 0 Å². The van der Waals surface area contributed by atoms with Gasteiger partial charge in [-0.1, -0.05) is 26.2 Å². The molecular weight excluding hydrogens is 276 g/mol. The van der Waals surface area contributed by atoms with Gasteiger partial charge >= 0.3 is 5.69 Å². The maximum atomic E-state index is 13.7. The number of nitrogens with zero attached hydrogens (tertiary/aromatic N) is 1. The quantitative estimate of drug-likeness (QED) is 0.544. The highest BCUT2D eigenvalue weighted by Gasteiger charge is 2.27. The lowest BCUT2D eigenvalue weighted by atomic mass is 9.77. The Morgan fingerprint density at radius 3 is 2.24 bits per heavy atom. The second kappa shape index (κ2) is 6.96. The van der Waals surface area contributed by atoms with E-state index in [4.69, 9.17) is 0 Å². The van der Waals surface area contributed by atoms with Crippen LogP contribution in [0.5, 0.6) is 0 Å². The Balaban J connectivity index is 2.05. The molecular formula is C16H21F2NO2. The summed E-state index contributed by atoms with van der Waals surface area (Å²) in [5.74, 6) is -1.30. The molecule has 116 valence electrons. The Morgan fingerprint density at radius 1 is 1.19 bits per heavy atom. The molecule has 0 radical (unpaired) electrons. The van der Waals surface area contributed by atoms with Gasteiger partial charge in [-0.2, -0.15) is 8.78 Å². The van der Waals surface area contributed by atoms with E-state index >= 15 is 0 Å². The third-order valence-corrected chi connectivity index (χ3v) is 4.51. The molecule has 3 nitrogen and oxygen atoms in total. The molecule has 2 rings (SSSR count). The molecule has 21 heavy (non-hydrogen) atoms. The van der Waals surface area contributed by atoms with Gasteiger partial charge in [0.1, 0.15) is 0 Å². The van der Waals surface area contributed by atoms with Crippen molar-refractivity contribution in [3.8, 4) is 0 Å². The molecule has 0 amide bonds. The zero-order valence-corrected chi connectivity index (χ0v) is 12.3. The van der Waals surface area contributed by atoms with E-state index in [1.54, 1.807) is 0 Å². The zero-order valence-electron chi connectivity index (χ0n) is 12.3. The van der Waals surface area contributed by atoms with Crippen molar-refractivity contribution >= 4 is 5.69 Å². The summed E-state index contributed by atoms with van der Waals surface area (Å²) < 4.78 is 27.4. The highest BCUT2D eigenvalue weighted by Crippen LogP contribution is 2.39. The van der Waals surface area contributed by atoms with Crippen molar-refractivity contribution in [1.82, 2.24) is 0 Å². The molecule has 1 fully saturated rings. The average molecular weight is 297 g/mol. The zero-order chi connectivity index (χ0) is 15.4. The van der Waals surface area contributed by atoms with Crippen molar-refractivity contribution in [1.29, 1.82) is 0 Å². The highest BCUT2D eigenvalue weighted by molar-refractivity contribution is 5.38. The number of halogens is 2. The van der Waals surface area contributed by atoms with Gasteiger partial charge in [0.15, 0.2) is 0 Å². The summed E-state index contributed by atoms with van der Waals surface area (Å²) in [6.45, 7) is 2.17. The fourth-order valence-corrected chi connectivity index (χ4v) is 3.27. The van der Waals surface area contributed by atoms with Gasteiger partial charge in [-0.05, 0) is 55.2 Å². The standard InChI is InChI=1S/C16H21F2NO2/c1-2-3-4-11-5-7-12(8-6-11)13-9-14(17)16(19(20)21)15(18)10-13/h9-12H,2-8H2,1H3/t11-,12-. The van der Waals surface area contributed by atoms with Crippen molar-refractivity contribution in [2.24, 2.45) is 5.92 Å². The minimum atomic E-state index is -1.07. The molecule has 1 aromatic carbocycles. The van der Waals surface area contributed by atoms with E-state index < -0.39 is 22.2 Å². The molecule has 0 N–H and O–H groups in total. The van der Waals surface area contributed by atoms with Crippen LogP contribution in [0, 0.1) is 27.7 Å². The number of nitro groups is 1. The van der Waals surface area contributed by atoms with Gasteiger partial charge in [0.2, 0.25) is 11.6 Å². The van der Waals surface area contributed by atoms with Gasteiger partial charge < -0.3 is 0 Å². The predicted octanol–water partition coefficient (Wildman–Crippen LogP) is 5.34. The van der Waals surface area contributed by atoms with Crippen LogP contribution >= 0.6 is 0 Å². The summed E-state index contributed by atoms with van der Waals surface area (Å²) in [7, 11) is 0. The number of unbranched alkanes of at least 4 members (excludes halogenated alkanes) is 1. The maximum Gasteiger partial charge on any atom is 0.340 e. The highest BCUT2D eigenvalue weighted by atomic mass is 19.1. The van der Waals surface area contributed by atoms with Gasteiger partial charge in [0, 0.05) is 0 Å². The first-order valence-electron chi connectivity index (χ1n) is 7.66. The Morgan fingerprint density at radius 2 is 1.76 bits per heavy atom. The first-order valence-corrected chi connectivity index (χ1v) is 7.66. The molecule has 0 saturated heterocycles. The smallest absolute Gasteiger partial charge is 0.258 e. The van der Waals surface area contributed by atoms with E-state index in [0.29, 0.717) is 11.5 Å². The monoisotopic (exact) mass is 297 g/mol. The molecule has 5 heteroatoms. The van der Waals surface area contributed by atoms with Crippen LogP contribution in [0.2, 0.25) is 0 Å². The largest absolute Gasteiger partial charge is 0.340 e. The van der Waals surface area contributed by atoms with E-state index in [1.165, 1.54) is 19.3 Å². The van der Waals surface area contributed by atoms with E-state index in [-0.39, 0.29) is 5.92 Å². The van der Waals surface area contributed by atoms with E-state index in [9.17, 15) is 18.9 Å². The third kappa shape index (κ3) is 3.77. The predicted molar refractivity (Wildman–Crippen MR) is 77.2 cm³/mol. The lowest BCUT2D eigenvalue weighted by molar-refractivity contribution is -0.390. The van der Waals surface area contributed by atoms with Gasteiger partial charge in [-0.25, -0.2) is 0 Å². The van der Waals surface area contributed by atoms with E-state index in [2.05, 4.69) is 6.92 Å². The van der Waals surface area contributed by atoms with Gasteiger partial charge in [0.25, 0.3) is 0 Å². The third-order valence-electron chi connectivity index (χ3n) is 4.51. The number of hydrogen-bond acceptors (Lipinski definition) is 2. The molecule has 1 aromatic rings. The molecule has 0 unspecified atom stereocenters. The van der Waals surface area contributed by atoms with Crippen LogP contribution < -0.4 is 0 Å². The molecule has 1 aliphatic rings. The average Bonchev–Trinajstić information content (AvgIpc) is 2.44. The Bertz CT molecular complexity index is 488. The minimum absolute atomic E-state index is 0.118. The molecule has 0 aliphatic heterocycles. The number of benzene rings is 1. The summed E-state index contributed by atoms with van der Waals surface area (Å²) >= 11 is 0. The van der Waals surface area contributed by atoms with Crippen LogP contribution in [0.4, 0.5) is 14.5 Å². The summed E-state index contributed by atoms with van der Waals surface area (Å²) in [4.78, 5) is 9.60. The topological polar surface area (TPSA) is 43.1 Å². The fraction of sp³-hybridized carbons (Fsp3) is 0.625. The fourth-order valence-electron chi connectivity index (χ4n) is 3.27. The van der Waals surface area contributed by atoms with Crippen LogP contribution in [-0.4, -0.2) is 4.92 Å². The molecule has 1 saturated carbocycles. The van der Waals surface area contributed by atoms with Crippen LogP contribution in [0.25, 0.3) is 0 Å². The maximum absolute atomic E-state index is 13.7. The Hall–Kier alpha value is -1.52. The Kier molecular flexibility index (Phi) is 5.26. The molecule has 1 aliphatic carbocycles. The van der Waals surface area contributed by atoms with Crippen LogP contribution in [0.3, 0.4) is 0 Å². The van der Waals surface area contributed by atoms with Crippen LogP contribution in [0.15, 0.2) is 12.1 Å². The minimum Gasteiger partial charge on any atom is -0.258 e. The van der Waals surface area contributed by atoms with Crippen molar-refractivity contribution in [2.75, 3.05) is 0 Å². The number of nitro benzene ring substituents is 1. The van der Waals surface area contributed by atoms with Crippen molar-refractivity contribution in [3.63, 3.8) is 0 Å². The van der Waals surface area contributed by atoms with Crippen molar-refractivity contribution in [2.45, 2.75) is 57.8 Å². The number of hydrogen-bond donors (Lipinski definition) is 0. The molecule has 0 atom stereocenters. The molecule has 0 aromatic heterocycles. The van der Waals surface area contributed by atoms with Gasteiger partial charge in [-0.3, -0.25) is 10.1 Å².